The summed E-state index contributed by atoms with van der Waals surface area (Å²) in [7, 11) is 0. The number of hydrogen-bond donors (Lipinski definition) is 1. The zero-order valence-corrected chi connectivity index (χ0v) is 11.5. The van der Waals surface area contributed by atoms with E-state index in [1.54, 1.807) is 12.1 Å². The molecule has 1 rings (SSSR count). The van der Waals surface area contributed by atoms with E-state index in [1.165, 1.54) is 0 Å². The van der Waals surface area contributed by atoms with Gasteiger partial charge in [0.15, 0.2) is 0 Å². The lowest BCUT2D eigenvalue weighted by Crippen LogP contribution is -2.12. The number of rotatable bonds is 3. The maximum atomic E-state index is 10.6. The van der Waals surface area contributed by atoms with Gasteiger partial charge in [-0.15, -0.1) is 0 Å². The second kappa shape index (κ2) is 5.09. The number of benzene rings is 1. The molecule has 0 spiro atoms. The molecule has 0 aliphatic rings. The third kappa shape index (κ3) is 3.22. The van der Waals surface area contributed by atoms with Crippen LogP contribution >= 0.6 is 11.6 Å². The number of phenols is 1. The normalized spacial score (nSPS) is 13.5. The molecule has 0 bridgehead atoms. The number of phenolic OH excluding ortho intramolecular Hbond substituents is 1. The lowest BCUT2D eigenvalue weighted by molar-refractivity contribution is -0.108. The number of carbonyl (C=O) groups is 1. The summed E-state index contributed by atoms with van der Waals surface area (Å²) in [6, 6.07) is 3.52. The first kappa shape index (κ1) is 14.0. The fraction of sp³-hybridized carbons (Fsp3) is 0.500. The molecule has 1 aromatic rings. The molecule has 1 unspecified atom stereocenters. The largest absolute Gasteiger partial charge is 0.507 e. The maximum Gasteiger partial charge on any atom is 0.122 e. The molecule has 3 heteroatoms. The molecule has 0 heterocycles. The van der Waals surface area contributed by atoms with Crippen molar-refractivity contribution in [3.8, 4) is 5.75 Å². The van der Waals surface area contributed by atoms with Gasteiger partial charge in [-0.3, -0.25) is 0 Å². The van der Waals surface area contributed by atoms with E-state index in [9.17, 15) is 9.90 Å². The molecule has 0 saturated heterocycles. The molecule has 1 N–H and O–H groups in total. The molecule has 0 saturated carbocycles. The first-order valence-corrected chi connectivity index (χ1v) is 6.11. The Morgan fingerprint density at radius 1 is 1.41 bits per heavy atom. The zero-order chi connectivity index (χ0) is 13.2. The summed E-state index contributed by atoms with van der Waals surface area (Å²) in [5, 5.41) is 10.9. The van der Waals surface area contributed by atoms with Gasteiger partial charge < -0.3 is 9.90 Å². The van der Waals surface area contributed by atoms with Crippen molar-refractivity contribution in [2.45, 2.75) is 45.4 Å². The molecular formula is C14H19ClO2. The lowest BCUT2D eigenvalue weighted by atomic mass is 9.83. The van der Waals surface area contributed by atoms with Crippen LogP contribution in [-0.4, -0.2) is 11.4 Å². The standard InChI is InChI=1S/C14H19ClO2/c1-9(5-6-16)11-7-10(15)8-12(13(11)17)14(2,3)4/h6-9,17H,5H2,1-4H3. The van der Waals surface area contributed by atoms with Crippen LogP contribution in [-0.2, 0) is 10.2 Å². The summed E-state index contributed by atoms with van der Waals surface area (Å²) < 4.78 is 0. The van der Waals surface area contributed by atoms with Crippen LogP contribution in [0.3, 0.4) is 0 Å². The second-order valence-electron chi connectivity index (χ2n) is 5.44. The molecule has 0 aliphatic carbocycles. The van der Waals surface area contributed by atoms with Gasteiger partial charge in [0, 0.05) is 17.0 Å². The Kier molecular flexibility index (Phi) is 4.21. The van der Waals surface area contributed by atoms with Gasteiger partial charge in [-0.05, 0) is 29.0 Å². The fourth-order valence-electron chi connectivity index (χ4n) is 1.84. The van der Waals surface area contributed by atoms with Crippen LogP contribution in [0.4, 0.5) is 0 Å². The smallest absolute Gasteiger partial charge is 0.122 e. The van der Waals surface area contributed by atoms with Crippen molar-refractivity contribution < 1.29 is 9.90 Å². The highest BCUT2D eigenvalue weighted by Gasteiger charge is 2.22. The third-order valence-corrected chi connectivity index (χ3v) is 3.11. The minimum atomic E-state index is -0.176. The topological polar surface area (TPSA) is 37.3 Å². The Hall–Kier alpha value is -1.02. The van der Waals surface area contributed by atoms with Gasteiger partial charge in [0.25, 0.3) is 0 Å². The van der Waals surface area contributed by atoms with Gasteiger partial charge in [0.05, 0.1) is 0 Å². The molecule has 1 atom stereocenters. The number of aromatic hydroxyl groups is 1. The van der Waals surface area contributed by atoms with Crippen molar-refractivity contribution in [2.24, 2.45) is 0 Å². The summed E-state index contributed by atoms with van der Waals surface area (Å²) in [5.74, 6) is 0.239. The quantitative estimate of drug-likeness (QED) is 0.827. The second-order valence-corrected chi connectivity index (χ2v) is 5.88. The van der Waals surface area contributed by atoms with Crippen molar-refractivity contribution in [3.05, 3.63) is 28.3 Å². The van der Waals surface area contributed by atoms with Gasteiger partial charge in [-0.25, -0.2) is 0 Å². The van der Waals surface area contributed by atoms with Gasteiger partial charge in [0.2, 0.25) is 0 Å². The Bertz CT molecular complexity index is 419. The van der Waals surface area contributed by atoms with Crippen molar-refractivity contribution in [3.63, 3.8) is 0 Å². The Morgan fingerprint density at radius 2 is 2.00 bits per heavy atom. The van der Waals surface area contributed by atoms with Gasteiger partial charge in [-0.2, -0.15) is 0 Å². The average molecular weight is 255 g/mol. The Morgan fingerprint density at radius 3 is 2.47 bits per heavy atom. The molecular weight excluding hydrogens is 236 g/mol. The molecule has 2 nitrogen and oxygen atoms in total. The van der Waals surface area contributed by atoms with Crippen molar-refractivity contribution in [2.75, 3.05) is 0 Å². The van der Waals surface area contributed by atoms with Crippen molar-refractivity contribution in [1.29, 1.82) is 0 Å². The first-order chi connectivity index (χ1) is 7.77. The van der Waals surface area contributed by atoms with E-state index in [-0.39, 0.29) is 17.1 Å². The molecule has 0 amide bonds. The van der Waals surface area contributed by atoms with E-state index in [2.05, 4.69) is 0 Å². The summed E-state index contributed by atoms with van der Waals surface area (Å²) in [5.41, 5.74) is 1.39. The van der Waals surface area contributed by atoms with Crippen LogP contribution < -0.4 is 0 Å². The molecule has 1 aromatic carbocycles. The zero-order valence-electron chi connectivity index (χ0n) is 10.7. The summed E-state index contributed by atoms with van der Waals surface area (Å²) in [6.45, 7) is 7.97. The minimum absolute atomic E-state index is 0.0210. The lowest BCUT2D eigenvalue weighted by Gasteiger charge is -2.24. The van der Waals surface area contributed by atoms with Gasteiger partial charge in [-0.1, -0.05) is 39.3 Å². The highest BCUT2D eigenvalue weighted by Crippen LogP contribution is 2.39. The van der Waals surface area contributed by atoms with Crippen LogP contribution in [0.2, 0.25) is 5.02 Å². The van der Waals surface area contributed by atoms with Crippen molar-refractivity contribution >= 4 is 17.9 Å². The number of aldehydes is 1. The van der Waals surface area contributed by atoms with Gasteiger partial charge in [0.1, 0.15) is 12.0 Å². The van der Waals surface area contributed by atoms with Crippen LogP contribution in [0.15, 0.2) is 12.1 Å². The van der Waals surface area contributed by atoms with E-state index in [1.807, 2.05) is 27.7 Å². The summed E-state index contributed by atoms with van der Waals surface area (Å²) >= 11 is 6.07. The van der Waals surface area contributed by atoms with Crippen LogP contribution in [0.25, 0.3) is 0 Å². The maximum absolute atomic E-state index is 10.6. The minimum Gasteiger partial charge on any atom is -0.507 e. The summed E-state index contributed by atoms with van der Waals surface area (Å²) in [4.78, 5) is 10.6. The summed E-state index contributed by atoms with van der Waals surface area (Å²) in [6.07, 6.45) is 1.25. The SMILES string of the molecule is CC(CC=O)c1cc(Cl)cc(C(C)(C)C)c1O. The molecule has 94 valence electrons. The first-order valence-electron chi connectivity index (χ1n) is 5.74. The third-order valence-electron chi connectivity index (χ3n) is 2.89. The monoisotopic (exact) mass is 254 g/mol. The highest BCUT2D eigenvalue weighted by atomic mass is 35.5. The number of hydrogen-bond acceptors (Lipinski definition) is 2. The highest BCUT2D eigenvalue weighted by molar-refractivity contribution is 6.30. The molecule has 0 radical (unpaired) electrons. The van der Waals surface area contributed by atoms with E-state index in [0.717, 1.165) is 17.4 Å². The van der Waals surface area contributed by atoms with Crippen molar-refractivity contribution in [1.82, 2.24) is 0 Å². The van der Waals surface area contributed by atoms with Gasteiger partial charge >= 0.3 is 0 Å². The number of carbonyl (C=O) groups excluding carboxylic acids is 1. The Labute approximate surface area is 108 Å². The average Bonchev–Trinajstić information content (AvgIpc) is 2.19. The van der Waals surface area contributed by atoms with E-state index in [4.69, 9.17) is 11.6 Å². The van der Waals surface area contributed by atoms with Crippen LogP contribution in [0, 0.1) is 0 Å². The Balaban J connectivity index is 3.33. The molecule has 17 heavy (non-hydrogen) atoms. The fourth-order valence-corrected chi connectivity index (χ4v) is 2.07. The molecule has 0 aromatic heterocycles. The van der Waals surface area contributed by atoms with E-state index in [0.29, 0.717) is 11.4 Å². The predicted octanol–water partition coefficient (Wildman–Crippen LogP) is 4.04. The molecule has 0 aliphatic heterocycles. The van der Waals surface area contributed by atoms with Crippen LogP contribution in [0.1, 0.15) is 51.2 Å². The molecule has 0 fully saturated rings. The van der Waals surface area contributed by atoms with Crippen LogP contribution in [0.5, 0.6) is 5.75 Å². The predicted molar refractivity (Wildman–Crippen MR) is 70.9 cm³/mol. The van der Waals surface area contributed by atoms with E-state index < -0.39 is 0 Å². The van der Waals surface area contributed by atoms with E-state index >= 15 is 0 Å². The number of halogens is 1.